The molecule has 2 aromatic heterocycles. The van der Waals surface area contributed by atoms with Crippen LogP contribution in [0.3, 0.4) is 0 Å². The quantitative estimate of drug-likeness (QED) is 0.319. The largest absolute Gasteiger partial charge is 0.353 e. The molecule has 2 fully saturated rings. The number of hydrogen-bond acceptors (Lipinski definition) is 6. The minimum atomic E-state index is -0.0744. The summed E-state index contributed by atoms with van der Waals surface area (Å²) in [5.74, 6) is 0.766. The summed E-state index contributed by atoms with van der Waals surface area (Å²) in [6.45, 7) is 3.08. The van der Waals surface area contributed by atoms with E-state index in [9.17, 15) is 0 Å². The number of aromatic nitrogens is 4. The smallest absolute Gasteiger partial charge is 0.157 e. The zero-order valence-corrected chi connectivity index (χ0v) is 19.9. The normalized spacial score (nSPS) is 18.1. The summed E-state index contributed by atoms with van der Waals surface area (Å²) in [6.07, 6.45) is 11.5. The average Bonchev–Trinajstić information content (AvgIpc) is 3.62. The molecule has 180 valence electrons. The first-order chi connectivity index (χ1) is 17.3. The second-order valence-electron chi connectivity index (χ2n) is 9.48. The molecule has 1 aliphatic carbocycles. The van der Waals surface area contributed by atoms with Gasteiger partial charge < -0.3 is 14.4 Å². The second-order valence-corrected chi connectivity index (χ2v) is 9.48. The summed E-state index contributed by atoms with van der Waals surface area (Å²) in [5, 5.41) is 4.50. The first-order valence-electron chi connectivity index (χ1n) is 12.7. The Morgan fingerprint density at radius 3 is 2.71 bits per heavy atom. The molecule has 0 spiro atoms. The van der Waals surface area contributed by atoms with Crippen molar-refractivity contribution in [2.75, 3.05) is 24.7 Å². The van der Waals surface area contributed by atoms with Crippen molar-refractivity contribution in [3.8, 4) is 11.3 Å². The Labute approximate surface area is 205 Å². The van der Waals surface area contributed by atoms with E-state index in [1.54, 1.807) is 0 Å². The van der Waals surface area contributed by atoms with Gasteiger partial charge in [-0.3, -0.25) is 9.67 Å². The van der Waals surface area contributed by atoms with Gasteiger partial charge in [0.2, 0.25) is 0 Å². The van der Waals surface area contributed by atoms with Crippen molar-refractivity contribution in [2.24, 2.45) is 5.92 Å². The predicted octanol–water partition coefficient (Wildman–Crippen LogP) is 5.58. The van der Waals surface area contributed by atoms with Crippen molar-refractivity contribution in [1.29, 1.82) is 0 Å². The van der Waals surface area contributed by atoms with Crippen molar-refractivity contribution in [3.05, 3.63) is 67.1 Å². The number of ether oxygens (including phenoxy) is 2. The van der Waals surface area contributed by atoms with Crippen LogP contribution in [0.1, 0.15) is 32.1 Å². The van der Waals surface area contributed by atoms with Crippen LogP contribution in [0, 0.1) is 5.92 Å². The molecule has 0 amide bonds. The van der Waals surface area contributed by atoms with E-state index in [4.69, 9.17) is 14.5 Å². The van der Waals surface area contributed by atoms with Crippen LogP contribution in [-0.2, 0) is 16.0 Å². The third-order valence-corrected chi connectivity index (χ3v) is 6.73. The van der Waals surface area contributed by atoms with Crippen LogP contribution in [0.2, 0.25) is 0 Å². The maximum atomic E-state index is 5.85. The number of hydrogen-bond donors (Lipinski definition) is 0. The van der Waals surface area contributed by atoms with Gasteiger partial charge in [-0.05, 0) is 68.4 Å². The zero-order chi connectivity index (χ0) is 23.5. The van der Waals surface area contributed by atoms with Gasteiger partial charge in [0.25, 0.3) is 0 Å². The SMILES string of the molecule is c1ccc(N(CC2CC2)c2ccc3ncc(-c4cnn(CCOC5CCCCO5)c4)nc3c2)cc1. The monoisotopic (exact) mass is 469 g/mol. The van der Waals surface area contributed by atoms with E-state index < -0.39 is 0 Å². The van der Waals surface area contributed by atoms with E-state index in [0.29, 0.717) is 13.2 Å². The van der Waals surface area contributed by atoms with Crippen LogP contribution in [0.4, 0.5) is 11.4 Å². The van der Waals surface area contributed by atoms with Crippen LogP contribution < -0.4 is 4.90 Å². The minimum Gasteiger partial charge on any atom is -0.353 e. The molecule has 2 aromatic carbocycles. The summed E-state index contributed by atoms with van der Waals surface area (Å²) < 4.78 is 13.4. The highest BCUT2D eigenvalue weighted by Crippen LogP contribution is 2.36. The fourth-order valence-electron chi connectivity index (χ4n) is 4.57. The Morgan fingerprint density at radius 2 is 1.89 bits per heavy atom. The summed E-state index contributed by atoms with van der Waals surface area (Å²) in [5.41, 5.74) is 5.93. The van der Waals surface area contributed by atoms with Crippen LogP contribution in [0.15, 0.2) is 67.1 Å². The molecule has 7 nitrogen and oxygen atoms in total. The lowest BCUT2D eigenvalue weighted by Crippen LogP contribution is -2.24. The van der Waals surface area contributed by atoms with E-state index in [1.807, 2.05) is 23.3 Å². The molecule has 3 heterocycles. The number of benzene rings is 2. The summed E-state index contributed by atoms with van der Waals surface area (Å²) in [6, 6.07) is 17.0. The topological polar surface area (TPSA) is 65.3 Å². The number of fused-ring (bicyclic) bond motifs is 1. The number of nitrogens with zero attached hydrogens (tertiary/aromatic N) is 5. The zero-order valence-electron chi connectivity index (χ0n) is 19.9. The molecule has 1 unspecified atom stereocenters. The number of rotatable bonds is 9. The van der Waals surface area contributed by atoms with Crippen LogP contribution in [0.25, 0.3) is 22.3 Å². The molecule has 7 heteroatoms. The first-order valence-corrected chi connectivity index (χ1v) is 12.7. The van der Waals surface area contributed by atoms with Crippen molar-refractivity contribution < 1.29 is 9.47 Å². The molecule has 6 rings (SSSR count). The summed E-state index contributed by atoms with van der Waals surface area (Å²) in [7, 11) is 0. The van der Waals surface area contributed by atoms with Gasteiger partial charge in [-0.2, -0.15) is 5.10 Å². The third kappa shape index (κ3) is 5.36. The fraction of sp³-hybridized carbons (Fsp3) is 0.393. The Morgan fingerprint density at radius 1 is 0.971 bits per heavy atom. The lowest BCUT2D eigenvalue weighted by atomic mass is 10.2. The summed E-state index contributed by atoms with van der Waals surface area (Å²) >= 11 is 0. The van der Waals surface area contributed by atoms with Crippen molar-refractivity contribution in [3.63, 3.8) is 0 Å². The summed E-state index contributed by atoms with van der Waals surface area (Å²) in [4.78, 5) is 12.0. The molecule has 1 saturated carbocycles. The lowest BCUT2D eigenvalue weighted by Gasteiger charge is -2.25. The standard InChI is InChI=1S/C28H31N5O2/c1-2-6-23(7-3-1)33(19-21-9-10-21)24-11-12-25-26(16-24)31-27(18-29-25)22-17-30-32(20-22)13-15-35-28-8-4-5-14-34-28/h1-3,6-7,11-12,16-18,20-21,28H,4-5,8-10,13-15,19H2. The van der Waals surface area contributed by atoms with E-state index in [0.717, 1.165) is 59.9 Å². The number of para-hydroxylation sites is 1. The van der Waals surface area contributed by atoms with Gasteiger partial charge in [0.05, 0.1) is 42.3 Å². The van der Waals surface area contributed by atoms with Gasteiger partial charge in [-0.1, -0.05) is 18.2 Å². The Bertz CT molecular complexity index is 1260. The van der Waals surface area contributed by atoms with Gasteiger partial charge >= 0.3 is 0 Å². The molecular formula is C28H31N5O2. The average molecular weight is 470 g/mol. The Hall–Kier alpha value is -3.29. The van der Waals surface area contributed by atoms with E-state index in [1.165, 1.54) is 24.9 Å². The van der Waals surface area contributed by atoms with Crippen LogP contribution in [-0.4, -0.2) is 45.8 Å². The molecule has 1 atom stereocenters. The van der Waals surface area contributed by atoms with Gasteiger partial charge in [-0.15, -0.1) is 0 Å². The van der Waals surface area contributed by atoms with Crippen LogP contribution >= 0.6 is 0 Å². The number of anilines is 2. The molecule has 0 radical (unpaired) electrons. The van der Waals surface area contributed by atoms with E-state index in [-0.39, 0.29) is 6.29 Å². The van der Waals surface area contributed by atoms with Gasteiger partial charge in [0, 0.05) is 36.3 Å². The Kier molecular flexibility index (Phi) is 6.43. The molecule has 0 N–H and O–H groups in total. The highest BCUT2D eigenvalue weighted by atomic mass is 16.7. The van der Waals surface area contributed by atoms with Gasteiger partial charge in [-0.25, -0.2) is 4.98 Å². The molecule has 4 aromatic rings. The molecule has 1 saturated heterocycles. The molecule has 35 heavy (non-hydrogen) atoms. The second kappa shape index (κ2) is 10.1. The third-order valence-electron chi connectivity index (χ3n) is 6.73. The molecule has 1 aliphatic heterocycles. The maximum Gasteiger partial charge on any atom is 0.157 e. The highest BCUT2D eigenvalue weighted by molar-refractivity contribution is 5.82. The van der Waals surface area contributed by atoms with Gasteiger partial charge in [0.1, 0.15) is 0 Å². The maximum absolute atomic E-state index is 5.85. The Balaban J connectivity index is 1.19. The van der Waals surface area contributed by atoms with Gasteiger partial charge in [0.15, 0.2) is 6.29 Å². The van der Waals surface area contributed by atoms with E-state index in [2.05, 4.69) is 63.5 Å². The van der Waals surface area contributed by atoms with Crippen molar-refractivity contribution in [2.45, 2.75) is 44.9 Å². The van der Waals surface area contributed by atoms with Crippen molar-refractivity contribution >= 4 is 22.4 Å². The fourth-order valence-corrected chi connectivity index (χ4v) is 4.57. The highest BCUT2D eigenvalue weighted by Gasteiger charge is 2.25. The molecular weight excluding hydrogens is 438 g/mol. The first kappa shape index (κ1) is 22.2. The predicted molar refractivity (Wildman–Crippen MR) is 136 cm³/mol. The molecule has 0 bridgehead atoms. The minimum absolute atomic E-state index is 0.0744. The van der Waals surface area contributed by atoms with E-state index >= 15 is 0 Å². The van der Waals surface area contributed by atoms with Crippen molar-refractivity contribution in [1.82, 2.24) is 19.7 Å². The van der Waals surface area contributed by atoms with Crippen LogP contribution in [0.5, 0.6) is 0 Å². The lowest BCUT2D eigenvalue weighted by molar-refractivity contribution is -0.163. The molecule has 2 aliphatic rings.